The van der Waals surface area contributed by atoms with Crippen LogP contribution in [0.2, 0.25) is 0 Å². The minimum absolute atomic E-state index is 0.222. The first-order valence-corrected chi connectivity index (χ1v) is 17.6. The fraction of sp³-hybridized carbons (Fsp3) is 0. The van der Waals surface area contributed by atoms with Gasteiger partial charge in [0.15, 0.2) is 0 Å². The Morgan fingerprint density at radius 1 is 0.396 bits per heavy atom. The summed E-state index contributed by atoms with van der Waals surface area (Å²) in [7, 11) is 0. The van der Waals surface area contributed by atoms with Crippen LogP contribution in [0.3, 0.4) is 0 Å². The van der Waals surface area contributed by atoms with Crippen LogP contribution in [0.1, 0.15) is 11.1 Å². The van der Waals surface area contributed by atoms with Gasteiger partial charge in [-0.15, -0.1) is 0 Å². The van der Waals surface area contributed by atoms with Gasteiger partial charge in [0.25, 0.3) is 0 Å². The van der Waals surface area contributed by atoms with Gasteiger partial charge in [-0.25, -0.2) is 0 Å². The molecule has 252 valence electrons. The van der Waals surface area contributed by atoms with E-state index in [1.807, 2.05) is 66.9 Å². The number of hydrogen-bond acceptors (Lipinski definition) is 4. The molecule has 0 spiro atoms. The molecule has 0 unspecified atom stereocenters. The van der Waals surface area contributed by atoms with Crippen molar-refractivity contribution < 1.29 is 0 Å². The summed E-state index contributed by atoms with van der Waals surface area (Å²) in [5.41, 5.74) is 17.5. The van der Waals surface area contributed by atoms with Crippen LogP contribution in [0.4, 0.5) is 5.69 Å². The van der Waals surface area contributed by atoms with Crippen molar-refractivity contribution in [2.24, 2.45) is 0 Å². The standard InChI is InChI=1S/C38H26N2.C11H10N2/c39-37-24-27(30-20-19-28(25-11-3-1-4-12-25)31-15-7-8-17-33(30)31)23-36(38(37)40)35-22-21-29(26-13-5-2-6-14-26)32-16-9-10-18-34(32)35;12-11-5-3-9(4-6-11)10-2-1-7-13-8-10/h1-24,39-40H;1-8H,12H2. The lowest BCUT2D eigenvalue weighted by atomic mass is 9.83. The van der Waals surface area contributed by atoms with Gasteiger partial charge in [-0.2, -0.15) is 0 Å². The molecule has 9 rings (SSSR count). The first-order chi connectivity index (χ1) is 26.0. The molecule has 7 aromatic carbocycles. The molecular weight excluding hydrogens is 645 g/mol. The quantitative estimate of drug-likeness (QED) is 0.125. The number of nitrogens with zero attached hydrogens (tertiary/aromatic N) is 1. The molecule has 53 heavy (non-hydrogen) atoms. The van der Waals surface area contributed by atoms with Crippen molar-refractivity contribution in [1.82, 2.24) is 4.98 Å². The zero-order valence-corrected chi connectivity index (χ0v) is 29.0. The highest BCUT2D eigenvalue weighted by Crippen LogP contribution is 2.39. The third-order valence-electron chi connectivity index (χ3n) is 9.66. The number of nitrogen functional groups attached to an aromatic ring is 1. The Balaban J connectivity index is 0.000000259. The van der Waals surface area contributed by atoms with Gasteiger partial charge in [0.2, 0.25) is 0 Å². The Hall–Kier alpha value is -7.17. The van der Waals surface area contributed by atoms with Gasteiger partial charge in [0.1, 0.15) is 0 Å². The number of pyridine rings is 1. The highest BCUT2D eigenvalue weighted by Gasteiger charge is 2.22. The molecule has 0 saturated heterocycles. The fourth-order valence-electron chi connectivity index (χ4n) is 7.04. The topological polar surface area (TPSA) is 86.6 Å². The molecule has 1 aromatic heterocycles. The summed E-state index contributed by atoms with van der Waals surface area (Å²) in [6, 6.07) is 58.0. The van der Waals surface area contributed by atoms with E-state index in [0.717, 1.165) is 66.4 Å². The number of nitrogens with two attached hydrogens (primary N) is 1. The van der Waals surface area contributed by atoms with Crippen molar-refractivity contribution in [1.29, 1.82) is 10.8 Å². The third kappa shape index (κ3) is 6.69. The van der Waals surface area contributed by atoms with E-state index in [4.69, 9.17) is 16.6 Å². The van der Waals surface area contributed by atoms with Crippen LogP contribution in [0.5, 0.6) is 0 Å². The normalized spacial score (nSPS) is 12.5. The second-order valence-corrected chi connectivity index (χ2v) is 13.0. The van der Waals surface area contributed by atoms with E-state index >= 15 is 0 Å². The average molecular weight is 681 g/mol. The second kappa shape index (κ2) is 14.6. The summed E-state index contributed by atoms with van der Waals surface area (Å²) in [6.45, 7) is 0. The van der Waals surface area contributed by atoms with E-state index in [1.165, 1.54) is 16.5 Å². The largest absolute Gasteiger partial charge is 0.399 e. The average Bonchev–Trinajstić information content (AvgIpc) is 3.22. The Kier molecular flexibility index (Phi) is 9.08. The summed E-state index contributed by atoms with van der Waals surface area (Å²) in [5.74, 6) is 0. The number of anilines is 1. The Bertz CT molecular complexity index is 2680. The molecule has 0 radical (unpaired) electrons. The maximum Gasteiger partial charge on any atom is 0.0868 e. The van der Waals surface area contributed by atoms with Crippen LogP contribution < -0.4 is 5.73 Å². The Morgan fingerprint density at radius 3 is 1.42 bits per heavy atom. The number of hydrogen-bond donors (Lipinski definition) is 3. The lowest BCUT2D eigenvalue weighted by Gasteiger charge is -2.20. The van der Waals surface area contributed by atoms with Gasteiger partial charge in [-0.3, -0.25) is 15.8 Å². The van der Waals surface area contributed by atoms with Crippen LogP contribution >= 0.6 is 0 Å². The van der Waals surface area contributed by atoms with Gasteiger partial charge >= 0.3 is 0 Å². The maximum absolute atomic E-state index is 8.91. The zero-order chi connectivity index (χ0) is 36.1. The molecule has 0 fully saturated rings. The molecule has 4 N–H and O–H groups in total. The molecule has 1 aliphatic rings. The first-order valence-electron chi connectivity index (χ1n) is 17.6. The number of fused-ring (bicyclic) bond motifs is 2. The number of allylic oxidation sites excluding steroid dienone is 4. The lowest BCUT2D eigenvalue weighted by Crippen LogP contribution is -2.16. The van der Waals surface area contributed by atoms with E-state index in [9.17, 15) is 0 Å². The van der Waals surface area contributed by atoms with Crippen molar-refractivity contribution in [3.8, 4) is 33.4 Å². The van der Waals surface area contributed by atoms with Gasteiger partial charge in [-0.05, 0) is 102 Å². The zero-order valence-electron chi connectivity index (χ0n) is 29.0. The Morgan fingerprint density at radius 2 is 0.868 bits per heavy atom. The van der Waals surface area contributed by atoms with E-state index in [-0.39, 0.29) is 11.4 Å². The van der Waals surface area contributed by atoms with Gasteiger partial charge in [0, 0.05) is 23.7 Å². The van der Waals surface area contributed by atoms with Crippen molar-refractivity contribution >= 4 is 49.8 Å². The molecule has 4 nitrogen and oxygen atoms in total. The van der Waals surface area contributed by atoms with Crippen LogP contribution in [0.25, 0.3) is 66.1 Å². The van der Waals surface area contributed by atoms with Crippen LogP contribution in [-0.2, 0) is 0 Å². The molecule has 8 aromatic rings. The smallest absolute Gasteiger partial charge is 0.0868 e. The van der Waals surface area contributed by atoms with Crippen LogP contribution in [0.15, 0.2) is 194 Å². The van der Waals surface area contributed by atoms with E-state index in [0.29, 0.717) is 0 Å². The molecule has 0 amide bonds. The van der Waals surface area contributed by atoms with Crippen molar-refractivity contribution in [3.63, 3.8) is 0 Å². The SMILES string of the molecule is N=C1C=C(c2ccc(-c3ccccc3)c3ccccc23)C=C(c2ccc(-c3ccccc3)c3ccccc23)C1=N.Nc1ccc(-c2cccnc2)cc1. The molecule has 1 heterocycles. The minimum Gasteiger partial charge on any atom is -0.399 e. The van der Waals surface area contributed by atoms with Gasteiger partial charge in [0.05, 0.1) is 11.4 Å². The van der Waals surface area contributed by atoms with Gasteiger partial charge < -0.3 is 5.73 Å². The summed E-state index contributed by atoms with van der Waals surface area (Å²) in [6.07, 6.45) is 7.52. The van der Waals surface area contributed by atoms with Crippen LogP contribution in [0, 0.1) is 10.8 Å². The summed E-state index contributed by atoms with van der Waals surface area (Å²) < 4.78 is 0. The minimum atomic E-state index is 0.222. The van der Waals surface area contributed by atoms with E-state index < -0.39 is 0 Å². The number of rotatable bonds is 5. The Labute approximate surface area is 309 Å². The summed E-state index contributed by atoms with van der Waals surface area (Å²) in [5, 5.41) is 22.2. The lowest BCUT2D eigenvalue weighted by molar-refractivity contribution is 1.33. The van der Waals surface area contributed by atoms with Gasteiger partial charge in [-0.1, -0.05) is 152 Å². The predicted octanol–water partition coefficient (Wildman–Crippen LogP) is 12.2. The molecule has 0 aliphatic heterocycles. The molecule has 1 aliphatic carbocycles. The summed E-state index contributed by atoms with van der Waals surface area (Å²) >= 11 is 0. The molecule has 0 atom stereocenters. The second-order valence-electron chi connectivity index (χ2n) is 13.0. The van der Waals surface area contributed by atoms with E-state index in [1.54, 1.807) is 6.20 Å². The number of benzene rings is 7. The predicted molar refractivity (Wildman–Crippen MR) is 224 cm³/mol. The van der Waals surface area contributed by atoms with Crippen LogP contribution in [-0.4, -0.2) is 16.4 Å². The highest BCUT2D eigenvalue weighted by atomic mass is 14.6. The maximum atomic E-state index is 8.91. The molecule has 4 heteroatoms. The number of nitrogens with one attached hydrogen (secondary N) is 2. The summed E-state index contributed by atoms with van der Waals surface area (Å²) in [4.78, 5) is 4.05. The van der Waals surface area contributed by atoms with Crippen molar-refractivity contribution in [2.75, 3.05) is 5.73 Å². The fourth-order valence-corrected chi connectivity index (χ4v) is 7.04. The van der Waals surface area contributed by atoms with Crippen molar-refractivity contribution in [3.05, 3.63) is 206 Å². The number of aromatic nitrogens is 1. The van der Waals surface area contributed by atoms with Crippen molar-refractivity contribution in [2.45, 2.75) is 0 Å². The molecule has 0 saturated carbocycles. The van der Waals surface area contributed by atoms with E-state index in [2.05, 4.69) is 126 Å². The first kappa shape index (κ1) is 33.0. The molecule has 0 bridgehead atoms. The molecular formula is C49H36N4. The monoisotopic (exact) mass is 680 g/mol. The third-order valence-corrected chi connectivity index (χ3v) is 9.66. The highest BCUT2D eigenvalue weighted by molar-refractivity contribution is 6.62.